The second kappa shape index (κ2) is 6.99. The molecule has 1 amide bonds. The first-order valence-electron chi connectivity index (χ1n) is 8.68. The maximum Gasteiger partial charge on any atom is 0.224 e. The van der Waals surface area contributed by atoms with Crippen LogP contribution in [0.2, 0.25) is 0 Å². The molecular weight excluding hydrogens is 330 g/mol. The van der Waals surface area contributed by atoms with Crippen molar-refractivity contribution in [2.75, 3.05) is 13.1 Å². The molecule has 0 radical (unpaired) electrons. The Morgan fingerprint density at radius 3 is 2.73 bits per heavy atom. The largest absolute Gasteiger partial charge is 0.340 e. The van der Waals surface area contributed by atoms with Crippen molar-refractivity contribution in [3.05, 3.63) is 43.0 Å². The van der Waals surface area contributed by atoms with E-state index in [9.17, 15) is 4.79 Å². The zero-order valence-electron chi connectivity index (χ0n) is 14.5. The van der Waals surface area contributed by atoms with E-state index in [4.69, 9.17) is 0 Å². The number of amides is 1. The Balaban J connectivity index is 1.51. The molecule has 0 aliphatic carbocycles. The Labute approximate surface area is 150 Å². The summed E-state index contributed by atoms with van der Waals surface area (Å²) in [7, 11) is 0. The average Bonchev–Trinajstić information content (AvgIpc) is 3.30. The zero-order chi connectivity index (χ0) is 17.9. The van der Waals surface area contributed by atoms with Crippen LogP contribution in [0.3, 0.4) is 0 Å². The van der Waals surface area contributed by atoms with Crippen molar-refractivity contribution in [3.63, 3.8) is 0 Å². The summed E-state index contributed by atoms with van der Waals surface area (Å²) >= 11 is 0. The summed E-state index contributed by atoms with van der Waals surface area (Å²) in [6.07, 6.45) is 8.43. The van der Waals surface area contributed by atoms with Gasteiger partial charge in [0.05, 0.1) is 18.7 Å². The second-order valence-electron chi connectivity index (χ2n) is 6.29. The fourth-order valence-electron chi connectivity index (χ4n) is 3.09. The number of pyridine rings is 1. The van der Waals surface area contributed by atoms with Gasteiger partial charge in [0.1, 0.15) is 11.4 Å². The summed E-state index contributed by atoms with van der Waals surface area (Å²) in [6.45, 7) is 3.55. The molecule has 8 heteroatoms. The maximum atomic E-state index is 12.0. The Morgan fingerprint density at radius 2 is 2.00 bits per heavy atom. The molecule has 3 aromatic heterocycles. The molecule has 132 valence electrons. The van der Waals surface area contributed by atoms with Gasteiger partial charge in [0, 0.05) is 37.2 Å². The van der Waals surface area contributed by atoms with Crippen molar-refractivity contribution in [1.82, 2.24) is 34.8 Å². The monoisotopic (exact) mass is 349 g/mol. The molecule has 0 N–H and O–H groups in total. The van der Waals surface area contributed by atoms with E-state index >= 15 is 0 Å². The predicted octanol–water partition coefficient (Wildman–Crippen LogP) is 1.98. The molecule has 0 saturated carbocycles. The summed E-state index contributed by atoms with van der Waals surface area (Å²) in [5.41, 5.74) is 2.20. The summed E-state index contributed by atoms with van der Waals surface area (Å²) in [6, 6.07) is 5.65. The van der Waals surface area contributed by atoms with Crippen LogP contribution in [0.25, 0.3) is 22.8 Å². The van der Waals surface area contributed by atoms with Crippen LogP contribution in [-0.4, -0.2) is 53.8 Å². The van der Waals surface area contributed by atoms with Crippen molar-refractivity contribution >= 4 is 5.91 Å². The topological polar surface area (TPSA) is 89.7 Å². The predicted molar refractivity (Wildman–Crippen MR) is 94.8 cm³/mol. The summed E-state index contributed by atoms with van der Waals surface area (Å²) in [5.74, 6) is 0.746. The second-order valence-corrected chi connectivity index (χ2v) is 6.29. The number of likely N-dealkylation sites (tertiary alicyclic amines) is 1. The molecule has 4 rings (SSSR count). The Bertz CT molecular complexity index is 891. The van der Waals surface area contributed by atoms with Crippen LogP contribution in [0.5, 0.6) is 0 Å². The van der Waals surface area contributed by atoms with Crippen LogP contribution < -0.4 is 0 Å². The third-order valence-electron chi connectivity index (χ3n) is 4.41. The highest BCUT2D eigenvalue weighted by Crippen LogP contribution is 2.24. The Kier molecular flexibility index (Phi) is 4.39. The van der Waals surface area contributed by atoms with Gasteiger partial charge in [-0.25, -0.2) is 14.6 Å². The van der Waals surface area contributed by atoms with Gasteiger partial charge in [0.15, 0.2) is 5.82 Å². The van der Waals surface area contributed by atoms with Crippen LogP contribution >= 0.6 is 0 Å². The molecule has 0 bridgehead atoms. The number of carbonyl (C=O) groups excluding carboxylic acids is 1. The smallest absolute Gasteiger partial charge is 0.224 e. The molecular formula is C18H19N7O. The van der Waals surface area contributed by atoms with Crippen molar-refractivity contribution in [2.24, 2.45) is 0 Å². The normalized spacial score (nSPS) is 17.0. The minimum Gasteiger partial charge on any atom is -0.340 e. The molecule has 0 unspecified atom stereocenters. The number of nitrogens with zero attached hydrogens (tertiary/aromatic N) is 7. The van der Waals surface area contributed by atoms with Gasteiger partial charge in [-0.2, -0.15) is 0 Å². The summed E-state index contributed by atoms with van der Waals surface area (Å²) in [4.78, 5) is 26.9. The average molecular weight is 349 g/mol. The molecule has 1 aliphatic rings. The van der Waals surface area contributed by atoms with Gasteiger partial charge in [-0.3, -0.25) is 9.78 Å². The molecule has 26 heavy (non-hydrogen) atoms. The molecule has 1 aliphatic heterocycles. The highest BCUT2D eigenvalue weighted by molar-refractivity contribution is 5.78. The number of aromatic nitrogens is 6. The molecule has 8 nitrogen and oxygen atoms in total. The third-order valence-corrected chi connectivity index (χ3v) is 4.41. The van der Waals surface area contributed by atoms with E-state index in [1.54, 1.807) is 23.3 Å². The lowest BCUT2D eigenvalue weighted by molar-refractivity contribution is -0.127. The van der Waals surface area contributed by atoms with E-state index in [0.717, 1.165) is 24.2 Å². The quantitative estimate of drug-likeness (QED) is 0.700. The Morgan fingerprint density at radius 1 is 1.15 bits per heavy atom. The number of carbonyl (C=O) groups is 1. The zero-order valence-corrected chi connectivity index (χ0v) is 14.5. The van der Waals surface area contributed by atoms with Crippen LogP contribution in [0.4, 0.5) is 0 Å². The summed E-state index contributed by atoms with van der Waals surface area (Å²) < 4.78 is 1.77. The van der Waals surface area contributed by atoms with Crippen molar-refractivity contribution in [1.29, 1.82) is 0 Å². The van der Waals surface area contributed by atoms with Crippen molar-refractivity contribution < 1.29 is 4.79 Å². The minimum atomic E-state index is 0.0315. The van der Waals surface area contributed by atoms with Crippen LogP contribution in [0.15, 0.2) is 43.0 Å². The van der Waals surface area contributed by atoms with Crippen molar-refractivity contribution in [3.8, 4) is 22.8 Å². The van der Waals surface area contributed by atoms with Crippen LogP contribution in [-0.2, 0) is 4.79 Å². The fraction of sp³-hybridized carbons (Fsp3) is 0.333. The maximum absolute atomic E-state index is 12.0. The van der Waals surface area contributed by atoms with E-state index in [2.05, 4.69) is 32.2 Å². The van der Waals surface area contributed by atoms with Gasteiger partial charge >= 0.3 is 0 Å². The molecule has 4 heterocycles. The lowest BCUT2D eigenvalue weighted by atomic mass is 10.2. The van der Waals surface area contributed by atoms with Gasteiger partial charge in [0.25, 0.3) is 0 Å². The van der Waals surface area contributed by atoms with Gasteiger partial charge in [-0.05, 0) is 18.6 Å². The first-order valence-corrected chi connectivity index (χ1v) is 8.68. The lowest BCUT2D eigenvalue weighted by Crippen LogP contribution is -2.26. The van der Waals surface area contributed by atoms with Gasteiger partial charge in [-0.15, -0.1) is 5.10 Å². The summed E-state index contributed by atoms with van der Waals surface area (Å²) in [5, 5.41) is 8.42. The Hall–Kier alpha value is -3.16. The standard InChI is InChI=1S/C18H19N7O/c1-2-7-24-11-14(8-17(24)26)25-12-16(22-23-25)13-9-20-18(21-10-13)15-5-3-4-6-19-15/h3-6,9-10,12,14H,2,7-8,11H2,1H3/t14-/m1/s1. The first kappa shape index (κ1) is 16.3. The number of rotatable bonds is 5. The first-order chi connectivity index (χ1) is 12.7. The van der Waals surface area contributed by atoms with E-state index in [0.29, 0.717) is 24.5 Å². The minimum absolute atomic E-state index is 0.0315. The SMILES string of the molecule is CCCN1C[C@H](n2cc(-c3cnc(-c4ccccn4)nc3)nn2)CC1=O. The molecule has 3 aromatic rings. The van der Waals surface area contributed by atoms with E-state index in [-0.39, 0.29) is 11.9 Å². The molecule has 0 aromatic carbocycles. The van der Waals surface area contributed by atoms with Crippen LogP contribution in [0, 0.1) is 0 Å². The van der Waals surface area contributed by atoms with Gasteiger partial charge < -0.3 is 4.90 Å². The van der Waals surface area contributed by atoms with E-state index in [1.807, 2.05) is 29.3 Å². The highest BCUT2D eigenvalue weighted by Gasteiger charge is 2.31. The third kappa shape index (κ3) is 3.17. The molecule has 0 spiro atoms. The van der Waals surface area contributed by atoms with Gasteiger partial charge in [-0.1, -0.05) is 18.2 Å². The van der Waals surface area contributed by atoms with E-state index in [1.165, 1.54) is 0 Å². The van der Waals surface area contributed by atoms with Crippen LogP contribution in [0.1, 0.15) is 25.8 Å². The van der Waals surface area contributed by atoms with E-state index < -0.39 is 0 Å². The number of hydrogen-bond donors (Lipinski definition) is 0. The van der Waals surface area contributed by atoms with Gasteiger partial charge in [0.2, 0.25) is 5.91 Å². The number of hydrogen-bond acceptors (Lipinski definition) is 6. The van der Waals surface area contributed by atoms with Crippen molar-refractivity contribution in [2.45, 2.75) is 25.8 Å². The molecule has 1 fully saturated rings. The molecule has 1 saturated heterocycles. The highest BCUT2D eigenvalue weighted by atomic mass is 16.2. The fourth-order valence-corrected chi connectivity index (χ4v) is 3.09. The molecule has 1 atom stereocenters. The lowest BCUT2D eigenvalue weighted by Gasteiger charge is -2.14.